The Morgan fingerprint density at radius 2 is 1.92 bits per heavy atom. The monoisotopic (exact) mass is 329 g/mol. The van der Waals surface area contributed by atoms with Crippen LogP contribution in [-0.4, -0.2) is 34.2 Å². The lowest BCUT2D eigenvalue weighted by molar-refractivity contribution is -0.127. The lowest BCUT2D eigenvalue weighted by Crippen LogP contribution is -2.47. The highest BCUT2D eigenvalue weighted by molar-refractivity contribution is 5.87. The molecule has 0 radical (unpaired) electrons. The highest BCUT2D eigenvalue weighted by Gasteiger charge is 2.17. The van der Waals surface area contributed by atoms with Gasteiger partial charge in [-0.05, 0) is 18.1 Å². The molecule has 0 bridgehead atoms. The maximum absolute atomic E-state index is 11.8. The first-order valence-corrected chi connectivity index (χ1v) is 7.86. The van der Waals surface area contributed by atoms with Gasteiger partial charge in [0.1, 0.15) is 0 Å². The highest BCUT2D eigenvalue weighted by Crippen LogP contribution is 2.07. The van der Waals surface area contributed by atoms with E-state index in [0.717, 1.165) is 11.3 Å². The fraction of sp³-hybridized carbons (Fsp3) is 0.353. The third-order valence-corrected chi connectivity index (χ3v) is 3.59. The van der Waals surface area contributed by atoms with Crippen LogP contribution in [0.5, 0.6) is 0 Å². The number of amides is 2. The Morgan fingerprint density at radius 1 is 1.21 bits per heavy atom. The molecule has 0 saturated heterocycles. The number of nitrogens with zero attached hydrogens (tertiary/aromatic N) is 2. The van der Waals surface area contributed by atoms with Gasteiger partial charge in [-0.1, -0.05) is 32.0 Å². The van der Waals surface area contributed by atoms with Crippen LogP contribution < -0.4 is 16.4 Å². The van der Waals surface area contributed by atoms with Crippen molar-refractivity contribution >= 4 is 11.8 Å². The van der Waals surface area contributed by atoms with Gasteiger partial charge < -0.3 is 16.4 Å². The van der Waals surface area contributed by atoms with Crippen LogP contribution in [0, 0.1) is 5.92 Å². The van der Waals surface area contributed by atoms with Gasteiger partial charge in [0, 0.05) is 18.3 Å². The average molecular weight is 329 g/mol. The van der Waals surface area contributed by atoms with Crippen molar-refractivity contribution in [2.24, 2.45) is 11.7 Å². The first-order chi connectivity index (χ1) is 11.5. The molecule has 1 aromatic heterocycles. The summed E-state index contributed by atoms with van der Waals surface area (Å²) in [5.74, 6) is -0.569. The van der Waals surface area contributed by atoms with E-state index < -0.39 is 6.04 Å². The quantitative estimate of drug-likeness (QED) is 0.692. The maximum Gasteiger partial charge on any atom is 0.239 e. The molecule has 0 aliphatic rings. The van der Waals surface area contributed by atoms with Gasteiger partial charge in [0.2, 0.25) is 11.8 Å². The third-order valence-electron chi connectivity index (χ3n) is 3.59. The van der Waals surface area contributed by atoms with E-state index in [1.54, 1.807) is 10.9 Å². The number of hydrogen-bond acceptors (Lipinski definition) is 4. The van der Waals surface area contributed by atoms with E-state index in [2.05, 4.69) is 15.7 Å². The van der Waals surface area contributed by atoms with Gasteiger partial charge >= 0.3 is 0 Å². The number of benzene rings is 1. The van der Waals surface area contributed by atoms with Gasteiger partial charge in [0.25, 0.3) is 0 Å². The Labute approximate surface area is 141 Å². The summed E-state index contributed by atoms with van der Waals surface area (Å²) in [6, 6.07) is 9.09. The van der Waals surface area contributed by atoms with E-state index in [4.69, 9.17) is 5.73 Å². The number of nitrogens with two attached hydrogens (primary N) is 1. The topological polar surface area (TPSA) is 102 Å². The number of para-hydroxylation sites is 1. The smallest absolute Gasteiger partial charge is 0.239 e. The van der Waals surface area contributed by atoms with Crippen molar-refractivity contribution in [3.8, 4) is 5.69 Å². The summed E-state index contributed by atoms with van der Waals surface area (Å²) >= 11 is 0. The molecule has 1 atom stereocenters. The normalized spacial score (nSPS) is 12.0. The maximum atomic E-state index is 11.8. The Morgan fingerprint density at radius 3 is 2.58 bits per heavy atom. The Balaban J connectivity index is 1.78. The molecule has 2 rings (SSSR count). The van der Waals surface area contributed by atoms with Crippen LogP contribution in [0.4, 0.5) is 0 Å². The van der Waals surface area contributed by atoms with Gasteiger partial charge in [0.05, 0.1) is 24.5 Å². The predicted molar refractivity (Wildman–Crippen MR) is 91.2 cm³/mol. The molecule has 0 aliphatic carbocycles. The number of carbonyl (C=O) groups excluding carboxylic acids is 2. The van der Waals surface area contributed by atoms with Crippen molar-refractivity contribution in [2.75, 3.05) is 6.54 Å². The van der Waals surface area contributed by atoms with Crippen LogP contribution in [0.3, 0.4) is 0 Å². The molecule has 7 nitrogen and oxygen atoms in total. The van der Waals surface area contributed by atoms with Gasteiger partial charge in [-0.25, -0.2) is 4.68 Å². The van der Waals surface area contributed by atoms with E-state index in [0.29, 0.717) is 6.54 Å². The standard InChI is InChI=1S/C17H23N5O2/c1-12(2)16(18)17(24)20-10-15(23)19-8-13-9-21-22(11-13)14-6-4-3-5-7-14/h3-7,9,11-12,16H,8,10,18H2,1-2H3,(H,19,23)(H,20,24)/t16-/m0/s1. The summed E-state index contributed by atoms with van der Waals surface area (Å²) in [6.07, 6.45) is 3.55. The van der Waals surface area contributed by atoms with Crippen LogP contribution >= 0.6 is 0 Å². The summed E-state index contributed by atoms with van der Waals surface area (Å²) in [6.45, 7) is 3.97. The minimum atomic E-state index is -0.609. The largest absolute Gasteiger partial charge is 0.350 e. The molecule has 2 amide bonds. The zero-order valence-electron chi connectivity index (χ0n) is 13.9. The van der Waals surface area contributed by atoms with Crippen LogP contribution in [0.25, 0.3) is 5.69 Å². The second kappa shape index (κ2) is 8.26. The number of rotatable bonds is 7. The van der Waals surface area contributed by atoms with E-state index in [9.17, 15) is 9.59 Å². The van der Waals surface area contributed by atoms with Crippen molar-refractivity contribution in [3.05, 3.63) is 48.3 Å². The molecule has 128 valence electrons. The van der Waals surface area contributed by atoms with E-state index in [-0.39, 0.29) is 24.3 Å². The summed E-state index contributed by atoms with van der Waals surface area (Å²) < 4.78 is 1.74. The number of carbonyl (C=O) groups is 2. The van der Waals surface area contributed by atoms with Gasteiger partial charge in [0.15, 0.2) is 0 Å². The van der Waals surface area contributed by atoms with Crippen LogP contribution in [0.2, 0.25) is 0 Å². The molecule has 0 spiro atoms. The lowest BCUT2D eigenvalue weighted by Gasteiger charge is -2.15. The van der Waals surface area contributed by atoms with E-state index >= 15 is 0 Å². The summed E-state index contributed by atoms with van der Waals surface area (Å²) in [5, 5.41) is 9.53. The Hall–Kier alpha value is -2.67. The molecule has 4 N–H and O–H groups in total. The van der Waals surface area contributed by atoms with Crippen molar-refractivity contribution in [3.63, 3.8) is 0 Å². The molecular weight excluding hydrogens is 306 g/mol. The molecule has 0 fully saturated rings. The van der Waals surface area contributed by atoms with Crippen molar-refractivity contribution < 1.29 is 9.59 Å². The minimum Gasteiger partial charge on any atom is -0.350 e. The zero-order valence-corrected chi connectivity index (χ0v) is 13.9. The van der Waals surface area contributed by atoms with Crippen molar-refractivity contribution in [2.45, 2.75) is 26.4 Å². The first-order valence-electron chi connectivity index (χ1n) is 7.86. The summed E-state index contributed by atoms with van der Waals surface area (Å²) in [7, 11) is 0. The van der Waals surface area contributed by atoms with E-state index in [1.807, 2.05) is 50.4 Å². The Bertz CT molecular complexity index is 681. The summed E-state index contributed by atoms with van der Waals surface area (Å²) in [4.78, 5) is 23.5. The molecule has 2 aromatic rings. The number of hydrogen-bond donors (Lipinski definition) is 3. The second-order valence-corrected chi connectivity index (χ2v) is 5.89. The van der Waals surface area contributed by atoms with E-state index in [1.165, 1.54) is 0 Å². The molecule has 1 aromatic carbocycles. The fourth-order valence-electron chi connectivity index (χ4n) is 2.02. The van der Waals surface area contributed by atoms with Gasteiger partial charge in [-0.2, -0.15) is 5.10 Å². The highest BCUT2D eigenvalue weighted by atomic mass is 16.2. The minimum absolute atomic E-state index is 0.0249. The first kappa shape index (κ1) is 17.7. The molecule has 0 saturated carbocycles. The van der Waals surface area contributed by atoms with Crippen LogP contribution in [0.15, 0.2) is 42.7 Å². The third kappa shape index (κ3) is 4.92. The molecule has 0 aliphatic heterocycles. The lowest BCUT2D eigenvalue weighted by atomic mass is 10.1. The fourth-order valence-corrected chi connectivity index (χ4v) is 2.02. The second-order valence-electron chi connectivity index (χ2n) is 5.89. The SMILES string of the molecule is CC(C)[C@H](N)C(=O)NCC(=O)NCc1cnn(-c2ccccc2)c1. The number of nitrogens with one attached hydrogen (secondary N) is 2. The molecular formula is C17H23N5O2. The average Bonchev–Trinajstić information content (AvgIpc) is 3.06. The molecule has 1 heterocycles. The molecule has 24 heavy (non-hydrogen) atoms. The zero-order chi connectivity index (χ0) is 17.5. The summed E-state index contributed by atoms with van der Waals surface area (Å²) in [5.41, 5.74) is 7.54. The van der Waals surface area contributed by atoms with Gasteiger partial charge in [-0.15, -0.1) is 0 Å². The van der Waals surface area contributed by atoms with Gasteiger partial charge in [-0.3, -0.25) is 9.59 Å². The van der Waals surface area contributed by atoms with Crippen molar-refractivity contribution in [1.29, 1.82) is 0 Å². The predicted octanol–water partition coefficient (Wildman–Crippen LogP) is 0.588. The van der Waals surface area contributed by atoms with Crippen LogP contribution in [0.1, 0.15) is 19.4 Å². The molecule has 0 unspecified atom stereocenters. The number of aromatic nitrogens is 2. The Kier molecular flexibility index (Phi) is 6.08. The van der Waals surface area contributed by atoms with Crippen molar-refractivity contribution in [1.82, 2.24) is 20.4 Å². The molecule has 7 heteroatoms. The van der Waals surface area contributed by atoms with Crippen LogP contribution in [-0.2, 0) is 16.1 Å².